The molecule has 0 fully saturated rings. The third-order valence-electron chi connectivity index (χ3n) is 1.62. The number of carbonyl (C=O) groups is 1. The Bertz CT molecular complexity index is 213. The van der Waals surface area contributed by atoms with Crippen molar-refractivity contribution < 1.29 is 4.79 Å². The topological polar surface area (TPSA) is 17.1 Å². The van der Waals surface area contributed by atoms with Crippen molar-refractivity contribution in [2.24, 2.45) is 0 Å². The minimum Gasteiger partial charge on any atom is -0.300 e. The summed E-state index contributed by atoms with van der Waals surface area (Å²) < 4.78 is 0. The Balaban J connectivity index is 2.29. The van der Waals surface area contributed by atoms with E-state index in [1.165, 1.54) is 4.88 Å². The number of carbonyl (C=O) groups excluding carboxylic acids is 1. The van der Waals surface area contributed by atoms with Crippen molar-refractivity contribution in [2.75, 3.05) is 0 Å². The monoisotopic (exact) mass is 168 g/mol. The van der Waals surface area contributed by atoms with Crippen molar-refractivity contribution in [3.8, 4) is 0 Å². The Hall–Kier alpha value is -0.630. The maximum atomic E-state index is 10.9. The maximum absolute atomic E-state index is 10.9. The lowest BCUT2D eigenvalue weighted by molar-refractivity contribution is -0.118. The smallest absolute Gasteiger partial charge is 0.132 e. The van der Waals surface area contributed by atoms with Crippen LogP contribution >= 0.6 is 11.3 Å². The predicted octanol–water partition coefficient (Wildman–Crippen LogP) is 2.66. The van der Waals surface area contributed by atoms with Crippen LogP contribution in [0.25, 0.3) is 0 Å². The van der Waals surface area contributed by atoms with Gasteiger partial charge in [0.1, 0.15) is 5.78 Å². The molecule has 0 aliphatic heterocycles. The number of thiophene rings is 1. The van der Waals surface area contributed by atoms with Crippen LogP contribution in [0.2, 0.25) is 0 Å². The molecule has 0 aromatic carbocycles. The van der Waals surface area contributed by atoms with Gasteiger partial charge in [0.15, 0.2) is 0 Å². The van der Waals surface area contributed by atoms with Crippen LogP contribution in [0.4, 0.5) is 0 Å². The van der Waals surface area contributed by atoms with E-state index in [9.17, 15) is 4.79 Å². The molecule has 0 aliphatic carbocycles. The number of hydrogen-bond acceptors (Lipinski definition) is 2. The summed E-state index contributed by atoms with van der Waals surface area (Å²) >= 11 is 1.72. The standard InChI is InChI=1S/C9H12OS/c1-2-8(10)5-6-9-4-3-7-11-9/h3-4,7H,2,5-6H2,1H3. The zero-order valence-corrected chi connectivity index (χ0v) is 7.49. The van der Waals surface area contributed by atoms with Gasteiger partial charge in [-0.25, -0.2) is 0 Å². The number of hydrogen-bond donors (Lipinski definition) is 0. The molecule has 0 radical (unpaired) electrons. The van der Waals surface area contributed by atoms with E-state index in [1.807, 2.05) is 18.4 Å². The fraction of sp³-hybridized carbons (Fsp3) is 0.444. The zero-order valence-electron chi connectivity index (χ0n) is 6.67. The molecule has 0 saturated carbocycles. The highest BCUT2D eigenvalue weighted by atomic mass is 32.1. The highest BCUT2D eigenvalue weighted by molar-refractivity contribution is 7.09. The second-order valence-corrected chi connectivity index (χ2v) is 3.50. The highest BCUT2D eigenvalue weighted by Gasteiger charge is 1.99. The van der Waals surface area contributed by atoms with Crippen LogP contribution in [0.3, 0.4) is 0 Å². The van der Waals surface area contributed by atoms with Gasteiger partial charge in [-0.15, -0.1) is 11.3 Å². The molecule has 11 heavy (non-hydrogen) atoms. The summed E-state index contributed by atoms with van der Waals surface area (Å²) in [5, 5.41) is 2.05. The third kappa shape index (κ3) is 2.85. The van der Waals surface area contributed by atoms with Crippen molar-refractivity contribution in [3.05, 3.63) is 22.4 Å². The Morgan fingerprint density at radius 3 is 3.00 bits per heavy atom. The second-order valence-electron chi connectivity index (χ2n) is 2.47. The average molecular weight is 168 g/mol. The minimum atomic E-state index is 0.360. The van der Waals surface area contributed by atoms with E-state index < -0.39 is 0 Å². The molecule has 0 N–H and O–H groups in total. The Morgan fingerprint density at radius 2 is 2.45 bits per heavy atom. The minimum absolute atomic E-state index is 0.360. The van der Waals surface area contributed by atoms with Crippen LogP contribution < -0.4 is 0 Å². The normalized spacial score (nSPS) is 9.91. The van der Waals surface area contributed by atoms with E-state index >= 15 is 0 Å². The number of rotatable bonds is 4. The fourth-order valence-electron chi connectivity index (χ4n) is 0.894. The van der Waals surface area contributed by atoms with Crippen LogP contribution in [0.1, 0.15) is 24.6 Å². The Labute approximate surface area is 71.1 Å². The first-order valence-electron chi connectivity index (χ1n) is 3.87. The van der Waals surface area contributed by atoms with Crippen LogP contribution in [0.5, 0.6) is 0 Å². The molecule has 1 aromatic rings. The molecule has 0 saturated heterocycles. The SMILES string of the molecule is CCC(=O)CCc1cccs1. The molecule has 1 aromatic heterocycles. The van der Waals surface area contributed by atoms with Crippen molar-refractivity contribution in [1.82, 2.24) is 0 Å². The fourth-order valence-corrected chi connectivity index (χ4v) is 1.60. The first-order chi connectivity index (χ1) is 5.33. The highest BCUT2D eigenvalue weighted by Crippen LogP contribution is 2.11. The van der Waals surface area contributed by atoms with Gasteiger partial charge in [-0.05, 0) is 17.9 Å². The predicted molar refractivity (Wildman–Crippen MR) is 47.9 cm³/mol. The summed E-state index contributed by atoms with van der Waals surface area (Å²) in [7, 11) is 0. The van der Waals surface area contributed by atoms with Gasteiger partial charge in [0.2, 0.25) is 0 Å². The van der Waals surface area contributed by atoms with E-state index in [4.69, 9.17) is 0 Å². The average Bonchev–Trinajstić information content (AvgIpc) is 2.52. The van der Waals surface area contributed by atoms with Crippen molar-refractivity contribution in [2.45, 2.75) is 26.2 Å². The van der Waals surface area contributed by atoms with Crippen molar-refractivity contribution in [1.29, 1.82) is 0 Å². The van der Waals surface area contributed by atoms with E-state index in [1.54, 1.807) is 11.3 Å². The first-order valence-corrected chi connectivity index (χ1v) is 4.75. The molecule has 0 amide bonds. The molecule has 0 atom stereocenters. The van der Waals surface area contributed by atoms with Gasteiger partial charge in [0.05, 0.1) is 0 Å². The molecule has 2 heteroatoms. The Kier molecular flexibility index (Phi) is 3.30. The maximum Gasteiger partial charge on any atom is 0.132 e. The summed E-state index contributed by atoms with van der Waals surface area (Å²) in [4.78, 5) is 12.2. The molecule has 0 spiro atoms. The molecule has 1 rings (SSSR count). The number of ketones is 1. The van der Waals surface area contributed by atoms with E-state index in [-0.39, 0.29) is 0 Å². The molecule has 0 bridgehead atoms. The lowest BCUT2D eigenvalue weighted by Crippen LogP contribution is -1.95. The van der Waals surface area contributed by atoms with Gasteiger partial charge in [-0.1, -0.05) is 13.0 Å². The second kappa shape index (κ2) is 4.29. The molecule has 60 valence electrons. The molecule has 0 aliphatic rings. The van der Waals surface area contributed by atoms with Crippen LogP contribution in [0, 0.1) is 0 Å². The molecule has 1 heterocycles. The summed E-state index contributed by atoms with van der Waals surface area (Å²) in [5.74, 6) is 0.360. The molecular formula is C9H12OS. The molecular weight excluding hydrogens is 156 g/mol. The summed E-state index contributed by atoms with van der Waals surface area (Å²) in [6.45, 7) is 1.91. The van der Waals surface area contributed by atoms with Gasteiger partial charge in [-0.3, -0.25) is 4.79 Å². The summed E-state index contributed by atoms with van der Waals surface area (Å²) in [6.07, 6.45) is 2.30. The largest absolute Gasteiger partial charge is 0.300 e. The van der Waals surface area contributed by atoms with Crippen molar-refractivity contribution >= 4 is 17.1 Å². The zero-order chi connectivity index (χ0) is 8.10. The van der Waals surface area contributed by atoms with Gasteiger partial charge >= 0.3 is 0 Å². The number of Topliss-reactive ketones (excluding diaryl/α,β-unsaturated/α-hetero) is 1. The van der Waals surface area contributed by atoms with E-state index in [0.29, 0.717) is 18.6 Å². The lowest BCUT2D eigenvalue weighted by atomic mass is 10.1. The lowest BCUT2D eigenvalue weighted by Gasteiger charge is -1.93. The van der Waals surface area contributed by atoms with Gasteiger partial charge in [0.25, 0.3) is 0 Å². The molecule has 1 nitrogen and oxygen atoms in total. The van der Waals surface area contributed by atoms with E-state index in [0.717, 1.165) is 6.42 Å². The quantitative estimate of drug-likeness (QED) is 0.675. The molecule has 0 unspecified atom stereocenters. The van der Waals surface area contributed by atoms with Gasteiger partial charge in [0, 0.05) is 17.7 Å². The van der Waals surface area contributed by atoms with Crippen LogP contribution in [0.15, 0.2) is 17.5 Å². The van der Waals surface area contributed by atoms with Gasteiger partial charge in [-0.2, -0.15) is 0 Å². The van der Waals surface area contributed by atoms with E-state index in [2.05, 4.69) is 6.07 Å². The first kappa shape index (κ1) is 8.47. The summed E-state index contributed by atoms with van der Waals surface area (Å²) in [6, 6.07) is 4.10. The number of aryl methyl sites for hydroxylation is 1. The van der Waals surface area contributed by atoms with Gasteiger partial charge < -0.3 is 0 Å². The Morgan fingerprint density at radius 1 is 1.64 bits per heavy atom. The van der Waals surface area contributed by atoms with Crippen LogP contribution in [-0.2, 0) is 11.2 Å². The van der Waals surface area contributed by atoms with Crippen molar-refractivity contribution in [3.63, 3.8) is 0 Å². The van der Waals surface area contributed by atoms with Crippen LogP contribution in [-0.4, -0.2) is 5.78 Å². The third-order valence-corrected chi connectivity index (χ3v) is 2.56. The summed E-state index contributed by atoms with van der Waals surface area (Å²) in [5.41, 5.74) is 0.